The van der Waals surface area contributed by atoms with Crippen molar-refractivity contribution in [3.05, 3.63) is 64.7 Å². The van der Waals surface area contributed by atoms with E-state index in [1.807, 2.05) is 12.1 Å². The minimum Gasteiger partial charge on any atom is -0.497 e. The van der Waals surface area contributed by atoms with E-state index in [4.69, 9.17) is 16.3 Å². The quantitative estimate of drug-likeness (QED) is 0.633. The summed E-state index contributed by atoms with van der Waals surface area (Å²) < 4.78 is 5.13. The van der Waals surface area contributed by atoms with E-state index in [2.05, 4.69) is 36.2 Å². The lowest BCUT2D eigenvalue weighted by molar-refractivity contribution is 0.0987. The third kappa shape index (κ3) is 5.56. The number of hydrogen-bond donors (Lipinski definition) is 1. The third-order valence-electron chi connectivity index (χ3n) is 4.54. The summed E-state index contributed by atoms with van der Waals surface area (Å²) in [5, 5.41) is 4.05. The number of rotatable bonds is 10. The maximum atomic E-state index is 12.4. The zero-order chi connectivity index (χ0) is 18.9. The maximum Gasteiger partial charge on any atom is 0.176 e. The number of carbonyl (C=O) groups is 1. The Morgan fingerprint density at radius 1 is 1.08 bits per heavy atom. The molecule has 4 nitrogen and oxygen atoms in total. The molecule has 5 heteroatoms. The highest BCUT2D eigenvalue weighted by atomic mass is 35.5. The summed E-state index contributed by atoms with van der Waals surface area (Å²) >= 11 is 6.02. The number of ketones is 1. The zero-order valence-electron chi connectivity index (χ0n) is 15.7. The summed E-state index contributed by atoms with van der Waals surface area (Å²) in [5.41, 5.74) is 1.88. The van der Waals surface area contributed by atoms with Crippen molar-refractivity contribution in [2.24, 2.45) is 0 Å². The Balaban J connectivity index is 1.99. The first-order valence-corrected chi connectivity index (χ1v) is 9.34. The van der Waals surface area contributed by atoms with Gasteiger partial charge in [0, 0.05) is 23.2 Å². The topological polar surface area (TPSA) is 41.6 Å². The maximum absolute atomic E-state index is 12.4. The molecule has 2 rings (SSSR count). The SMILES string of the molecule is CCN(CC)C(CNCC(=O)c1ccc(OC)cc1)c1ccc(Cl)cc1. The highest BCUT2D eigenvalue weighted by molar-refractivity contribution is 6.30. The number of halogens is 1. The molecular formula is C21H27ClN2O2. The van der Waals surface area contributed by atoms with Crippen LogP contribution in [0.2, 0.25) is 5.02 Å². The van der Waals surface area contributed by atoms with E-state index in [0.29, 0.717) is 18.7 Å². The Hall–Kier alpha value is -1.88. The molecule has 26 heavy (non-hydrogen) atoms. The Kier molecular flexibility index (Phi) is 8.10. The van der Waals surface area contributed by atoms with Crippen LogP contribution in [-0.2, 0) is 0 Å². The molecule has 0 fully saturated rings. The Labute approximate surface area is 161 Å². The first kappa shape index (κ1) is 20.4. The summed E-state index contributed by atoms with van der Waals surface area (Å²) in [5.74, 6) is 0.820. The van der Waals surface area contributed by atoms with E-state index in [-0.39, 0.29) is 11.8 Å². The summed E-state index contributed by atoms with van der Waals surface area (Å²) in [7, 11) is 1.61. The van der Waals surface area contributed by atoms with E-state index in [1.54, 1.807) is 31.4 Å². The van der Waals surface area contributed by atoms with Crippen LogP contribution < -0.4 is 10.1 Å². The lowest BCUT2D eigenvalue weighted by atomic mass is 10.0. The van der Waals surface area contributed by atoms with Gasteiger partial charge in [-0.1, -0.05) is 37.6 Å². The van der Waals surface area contributed by atoms with Gasteiger partial charge in [0.15, 0.2) is 5.78 Å². The molecule has 1 unspecified atom stereocenters. The number of carbonyl (C=O) groups excluding carboxylic acids is 1. The fourth-order valence-corrected chi connectivity index (χ4v) is 3.13. The first-order valence-electron chi connectivity index (χ1n) is 8.96. The smallest absolute Gasteiger partial charge is 0.176 e. The number of Topliss-reactive ketones (excluding diaryl/α,β-unsaturated/α-hetero) is 1. The molecule has 0 radical (unpaired) electrons. The molecule has 0 aromatic heterocycles. The fourth-order valence-electron chi connectivity index (χ4n) is 3.01. The number of ether oxygens (including phenoxy) is 1. The van der Waals surface area contributed by atoms with E-state index >= 15 is 0 Å². The Morgan fingerprint density at radius 2 is 1.69 bits per heavy atom. The second-order valence-electron chi connectivity index (χ2n) is 6.07. The van der Waals surface area contributed by atoms with Gasteiger partial charge < -0.3 is 10.1 Å². The molecule has 0 amide bonds. The van der Waals surface area contributed by atoms with Gasteiger partial charge in [0.2, 0.25) is 0 Å². The lowest BCUT2D eigenvalue weighted by Crippen LogP contribution is -2.37. The number of methoxy groups -OCH3 is 1. The van der Waals surface area contributed by atoms with Crippen molar-refractivity contribution in [1.82, 2.24) is 10.2 Å². The fraction of sp³-hybridized carbons (Fsp3) is 0.381. The predicted molar refractivity (Wildman–Crippen MR) is 107 cm³/mol. The summed E-state index contributed by atoms with van der Waals surface area (Å²) in [6, 6.07) is 15.3. The van der Waals surface area contributed by atoms with Crippen molar-refractivity contribution >= 4 is 17.4 Å². The molecule has 0 spiro atoms. The Bertz CT molecular complexity index is 682. The molecule has 0 bridgehead atoms. The zero-order valence-corrected chi connectivity index (χ0v) is 16.4. The van der Waals surface area contributed by atoms with E-state index in [9.17, 15) is 4.79 Å². The van der Waals surface area contributed by atoms with Crippen molar-refractivity contribution in [2.45, 2.75) is 19.9 Å². The molecule has 0 aliphatic rings. The number of benzene rings is 2. The largest absolute Gasteiger partial charge is 0.497 e. The van der Waals surface area contributed by atoms with Gasteiger partial charge in [-0.3, -0.25) is 9.69 Å². The summed E-state index contributed by atoms with van der Waals surface area (Å²) in [6.07, 6.45) is 0. The molecule has 0 aliphatic carbocycles. The molecule has 2 aromatic carbocycles. The van der Waals surface area contributed by atoms with Gasteiger partial charge >= 0.3 is 0 Å². The van der Waals surface area contributed by atoms with Crippen LogP contribution in [-0.4, -0.2) is 44.0 Å². The number of hydrogen-bond acceptors (Lipinski definition) is 4. The number of nitrogens with one attached hydrogen (secondary N) is 1. The molecule has 0 aliphatic heterocycles. The van der Waals surface area contributed by atoms with Crippen LogP contribution >= 0.6 is 11.6 Å². The first-order chi connectivity index (χ1) is 12.6. The normalized spacial score (nSPS) is 12.2. The van der Waals surface area contributed by atoms with Crippen molar-refractivity contribution in [1.29, 1.82) is 0 Å². The molecule has 140 valence electrons. The van der Waals surface area contributed by atoms with Crippen molar-refractivity contribution in [2.75, 3.05) is 33.3 Å². The molecule has 1 atom stereocenters. The van der Waals surface area contributed by atoms with E-state index in [0.717, 1.165) is 23.9 Å². The summed E-state index contributed by atoms with van der Waals surface area (Å²) in [6.45, 7) is 7.18. The number of likely N-dealkylation sites (N-methyl/N-ethyl adjacent to an activating group) is 1. The van der Waals surface area contributed by atoms with Crippen molar-refractivity contribution < 1.29 is 9.53 Å². The number of nitrogens with zero attached hydrogens (tertiary/aromatic N) is 1. The molecule has 0 saturated carbocycles. The third-order valence-corrected chi connectivity index (χ3v) is 4.80. The van der Waals surface area contributed by atoms with Crippen molar-refractivity contribution in [3.63, 3.8) is 0 Å². The van der Waals surface area contributed by atoms with Gasteiger partial charge in [-0.15, -0.1) is 0 Å². The van der Waals surface area contributed by atoms with Crippen LogP contribution in [0.4, 0.5) is 0 Å². The lowest BCUT2D eigenvalue weighted by Gasteiger charge is -2.30. The average Bonchev–Trinajstić information content (AvgIpc) is 2.68. The van der Waals surface area contributed by atoms with Crippen LogP contribution in [0.25, 0.3) is 0 Å². The minimum atomic E-state index is 0.0713. The van der Waals surface area contributed by atoms with Crippen LogP contribution in [0.15, 0.2) is 48.5 Å². The van der Waals surface area contributed by atoms with Gasteiger partial charge in [0.05, 0.1) is 13.7 Å². The van der Waals surface area contributed by atoms with Gasteiger partial charge in [0.25, 0.3) is 0 Å². The molecule has 1 N–H and O–H groups in total. The van der Waals surface area contributed by atoms with Crippen LogP contribution in [0, 0.1) is 0 Å². The second kappa shape index (κ2) is 10.3. The Morgan fingerprint density at radius 3 is 2.23 bits per heavy atom. The second-order valence-corrected chi connectivity index (χ2v) is 6.51. The van der Waals surface area contributed by atoms with Crippen LogP contribution in [0.1, 0.15) is 35.8 Å². The monoisotopic (exact) mass is 374 g/mol. The molecule has 0 saturated heterocycles. The minimum absolute atomic E-state index is 0.0713. The van der Waals surface area contributed by atoms with Crippen molar-refractivity contribution in [3.8, 4) is 5.75 Å². The highest BCUT2D eigenvalue weighted by Gasteiger charge is 2.18. The van der Waals surface area contributed by atoms with Gasteiger partial charge in [-0.2, -0.15) is 0 Å². The van der Waals surface area contributed by atoms with Crippen LogP contribution in [0.3, 0.4) is 0 Å². The molecular weight excluding hydrogens is 348 g/mol. The van der Waals surface area contributed by atoms with Gasteiger partial charge in [-0.05, 0) is 55.1 Å². The van der Waals surface area contributed by atoms with Gasteiger partial charge in [-0.25, -0.2) is 0 Å². The van der Waals surface area contributed by atoms with E-state index in [1.165, 1.54) is 5.56 Å². The highest BCUT2D eigenvalue weighted by Crippen LogP contribution is 2.22. The van der Waals surface area contributed by atoms with Gasteiger partial charge in [0.1, 0.15) is 5.75 Å². The average molecular weight is 375 g/mol. The van der Waals surface area contributed by atoms with Crippen LogP contribution in [0.5, 0.6) is 5.75 Å². The summed E-state index contributed by atoms with van der Waals surface area (Å²) in [4.78, 5) is 14.8. The molecule has 2 aromatic rings. The predicted octanol–water partition coefficient (Wildman–Crippen LogP) is 4.20. The molecule has 0 heterocycles. The van der Waals surface area contributed by atoms with E-state index < -0.39 is 0 Å². The standard InChI is InChI=1S/C21H27ClN2O2/c1-4-24(5-2)20(16-6-10-18(22)11-7-16)14-23-15-21(25)17-8-12-19(26-3)13-9-17/h6-13,20,23H,4-5,14-15H2,1-3H3.